The van der Waals surface area contributed by atoms with Gasteiger partial charge in [-0.2, -0.15) is 0 Å². The van der Waals surface area contributed by atoms with Gasteiger partial charge in [0.1, 0.15) is 0 Å². The van der Waals surface area contributed by atoms with Crippen molar-refractivity contribution in [3.63, 3.8) is 0 Å². The zero-order valence-electron chi connectivity index (χ0n) is 7.45. The molecule has 0 saturated carbocycles. The second-order valence-corrected chi connectivity index (χ2v) is 2.72. The number of rotatable bonds is 2. The summed E-state index contributed by atoms with van der Waals surface area (Å²) in [6.45, 7) is 4.44. The van der Waals surface area contributed by atoms with Crippen LogP contribution in [0.1, 0.15) is 12.5 Å². The highest BCUT2D eigenvalue weighted by molar-refractivity contribution is 5.08. The first-order valence-corrected chi connectivity index (χ1v) is 4.03. The number of pyridine rings is 1. The van der Waals surface area contributed by atoms with Gasteiger partial charge in [0.15, 0.2) is 0 Å². The predicted octanol–water partition coefficient (Wildman–Crippen LogP) is 1.73. The molecule has 1 aromatic heterocycles. The minimum atomic E-state index is 0.0931. The van der Waals surface area contributed by atoms with E-state index in [-0.39, 0.29) is 5.56 Å². The number of allylic oxidation sites excluding steroid dienone is 2. The predicted molar refractivity (Wildman–Crippen MR) is 50.3 cm³/mol. The zero-order chi connectivity index (χ0) is 8.97. The number of hydrogen-bond donors (Lipinski definition) is 0. The zero-order valence-corrected chi connectivity index (χ0v) is 7.45. The molecule has 1 rings (SSSR count). The Morgan fingerprint density at radius 3 is 3.00 bits per heavy atom. The number of aryl methyl sites for hydroxylation is 1. The van der Waals surface area contributed by atoms with E-state index in [0.717, 1.165) is 5.56 Å². The third-order valence-electron chi connectivity index (χ3n) is 1.75. The first-order chi connectivity index (χ1) is 5.75. The van der Waals surface area contributed by atoms with Crippen LogP contribution in [0.5, 0.6) is 0 Å². The average molecular weight is 163 g/mol. The Labute approximate surface area is 72.2 Å². The van der Waals surface area contributed by atoms with Crippen molar-refractivity contribution in [3.05, 3.63) is 46.4 Å². The number of hydrogen-bond acceptors (Lipinski definition) is 1. The van der Waals surface area contributed by atoms with Gasteiger partial charge in [-0.1, -0.05) is 18.2 Å². The van der Waals surface area contributed by atoms with Crippen molar-refractivity contribution < 1.29 is 0 Å². The molecule has 0 N–H and O–H groups in total. The molecule has 0 bridgehead atoms. The SMILES string of the molecule is C/C=C/Cn1cccc(C)c1=O. The van der Waals surface area contributed by atoms with E-state index in [2.05, 4.69) is 0 Å². The molecule has 0 amide bonds. The summed E-state index contributed by atoms with van der Waals surface area (Å²) in [7, 11) is 0. The molecular formula is C10H13NO. The van der Waals surface area contributed by atoms with Gasteiger partial charge in [0.05, 0.1) is 0 Å². The van der Waals surface area contributed by atoms with Crippen molar-refractivity contribution in [2.75, 3.05) is 0 Å². The van der Waals surface area contributed by atoms with Crippen molar-refractivity contribution in [1.82, 2.24) is 4.57 Å². The van der Waals surface area contributed by atoms with Crippen LogP contribution in [-0.4, -0.2) is 4.57 Å². The fourth-order valence-electron chi connectivity index (χ4n) is 1.02. The van der Waals surface area contributed by atoms with E-state index in [0.29, 0.717) is 6.54 Å². The van der Waals surface area contributed by atoms with Crippen LogP contribution in [0.15, 0.2) is 35.3 Å². The van der Waals surface area contributed by atoms with Gasteiger partial charge in [-0.05, 0) is 19.9 Å². The maximum atomic E-state index is 11.4. The molecule has 1 aromatic rings. The Morgan fingerprint density at radius 2 is 2.33 bits per heavy atom. The minimum Gasteiger partial charge on any atom is -0.311 e. The lowest BCUT2D eigenvalue weighted by Gasteiger charge is -2.01. The first-order valence-electron chi connectivity index (χ1n) is 4.03. The van der Waals surface area contributed by atoms with Crippen LogP contribution in [0.3, 0.4) is 0 Å². The molecule has 0 spiro atoms. The van der Waals surface area contributed by atoms with Gasteiger partial charge in [0, 0.05) is 18.3 Å². The van der Waals surface area contributed by atoms with Crippen LogP contribution in [0.4, 0.5) is 0 Å². The lowest BCUT2D eigenvalue weighted by Crippen LogP contribution is -2.20. The molecule has 1 heterocycles. The number of aromatic nitrogens is 1. The van der Waals surface area contributed by atoms with Gasteiger partial charge in [-0.25, -0.2) is 0 Å². The smallest absolute Gasteiger partial charge is 0.253 e. The second-order valence-electron chi connectivity index (χ2n) is 2.72. The number of nitrogens with zero attached hydrogens (tertiary/aromatic N) is 1. The van der Waals surface area contributed by atoms with Crippen molar-refractivity contribution in [3.8, 4) is 0 Å². The Balaban J connectivity index is 3.00. The molecule has 0 fully saturated rings. The van der Waals surface area contributed by atoms with Gasteiger partial charge in [0.2, 0.25) is 0 Å². The van der Waals surface area contributed by atoms with Gasteiger partial charge in [0.25, 0.3) is 5.56 Å². The van der Waals surface area contributed by atoms with Crippen LogP contribution < -0.4 is 5.56 Å². The van der Waals surface area contributed by atoms with Crippen LogP contribution in [-0.2, 0) is 6.54 Å². The summed E-state index contributed by atoms with van der Waals surface area (Å²) in [5, 5.41) is 0. The molecule has 0 aliphatic rings. The highest BCUT2D eigenvalue weighted by Gasteiger charge is 1.94. The van der Waals surface area contributed by atoms with Crippen LogP contribution in [0.25, 0.3) is 0 Å². The van der Waals surface area contributed by atoms with Crippen molar-refractivity contribution >= 4 is 0 Å². The lowest BCUT2D eigenvalue weighted by atomic mass is 10.3. The largest absolute Gasteiger partial charge is 0.311 e. The minimum absolute atomic E-state index is 0.0931. The molecule has 0 radical (unpaired) electrons. The standard InChI is InChI=1S/C10H13NO/c1-3-4-7-11-8-5-6-9(2)10(11)12/h3-6,8H,7H2,1-2H3/b4-3+. The topological polar surface area (TPSA) is 22.0 Å². The molecule has 0 aliphatic heterocycles. The van der Waals surface area contributed by atoms with Crippen LogP contribution in [0, 0.1) is 6.92 Å². The summed E-state index contributed by atoms with van der Waals surface area (Å²) in [4.78, 5) is 11.4. The summed E-state index contributed by atoms with van der Waals surface area (Å²) < 4.78 is 1.69. The molecule has 0 atom stereocenters. The molecule has 2 heteroatoms. The average Bonchev–Trinajstić information content (AvgIpc) is 2.08. The Bertz CT molecular complexity index is 336. The summed E-state index contributed by atoms with van der Waals surface area (Å²) >= 11 is 0. The lowest BCUT2D eigenvalue weighted by molar-refractivity contribution is 0.770. The van der Waals surface area contributed by atoms with E-state index in [9.17, 15) is 4.79 Å². The van der Waals surface area contributed by atoms with Gasteiger partial charge < -0.3 is 4.57 Å². The fourth-order valence-corrected chi connectivity index (χ4v) is 1.02. The monoisotopic (exact) mass is 163 g/mol. The molecule has 0 saturated heterocycles. The van der Waals surface area contributed by atoms with E-state index in [1.807, 2.05) is 38.1 Å². The van der Waals surface area contributed by atoms with Gasteiger partial charge in [-0.15, -0.1) is 0 Å². The molecule has 0 aliphatic carbocycles. The summed E-state index contributed by atoms with van der Waals surface area (Å²) in [6, 6.07) is 3.72. The van der Waals surface area contributed by atoms with Crippen LogP contribution in [0.2, 0.25) is 0 Å². The van der Waals surface area contributed by atoms with Crippen LogP contribution >= 0.6 is 0 Å². The highest BCUT2D eigenvalue weighted by Crippen LogP contribution is 1.89. The maximum Gasteiger partial charge on any atom is 0.253 e. The van der Waals surface area contributed by atoms with E-state index < -0.39 is 0 Å². The normalized spacial score (nSPS) is 10.8. The fraction of sp³-hybridized carbons (Fsp3) is 0.300. The van der Waals surface area contributed by atoms with E-state index in [1.54, 1.807) is 10.8 Å². The maximum absolute atomic E-state index is 11.4. The first kappa shape index (κ1) is 8.78. The highest BCUT2D eigenvalue weighted by atomic mass is 16.1. The van der Waals surface area contributed by atoms with E-state index in [4.69, 9.17) is 0 Å². The van der Waals surface area contributed by atoms with Crippen molar-refractivity contribution in [2.24, 2.45) is 0 Å². The quantitative estimate of drug-likeness (QED) is 0.608. The molecular weight excluding hydrogens is 150 g/mol. The third kappa shape index (κ3) is 1.84. The Morgan fingerprint density at radius 1 is 1.58 bits per heavy atom. The van der Waals surface area contributed by atoms with Gasteiger partial charge >= 0.3 is 0 Å². The molecule has 0 aromatic carbocycles. The summed E-state index contributed by atoms with van der Waals surface area (Å²) in [5.74, 6) is 0. The van der Waals surface area contributed by atoms with E-state index in [1.165, 1.54) is 0 Å². The molecule has 64 valence electrons. The Hall–Kier alpha value is -1.31. The van der Waals surface area contributed by atoms with E-state index >= 15 is 0 Å². The van der Waals surface area contributed by atoms with Crippen molar-refractivity contribution in [2.45, 2.75) is 20.4 Å². The molecule has 12 heavy (non-hydrogen) atoms. The van der Waals surface area contributed by atoms with Crippen molar-refractivity contribution in [1.29, 1.82) is 0 Å². The Kier molecular flexibility index (Phi) is 2.86. The second kappa shape index (κ2) is 3.90. The van der Waals surface area contributed by atoms with Gasteiger partial charge in [-0.3, -0.25) is 4.79 Å². The summed E-state index contributed by atoms with van der Waals surface area (Å²) in [6.07, 6.45) is 5.70. The molecule has 2 nitrogen and oxygen atoms in total. The third-order valence-corrected chi connectivity index (χ3v) is 1.75. The summed E-state index contributed by atoms with van der Waals surface area (Å²) in [5.41, 5.74) is 0.887. The molecule has 0 unspecified atom stereocenters.